The molecule has 1 fully saturated rings. The molecule has 5 heteroatoms. The van der Waals surface area contributed by atoms with E-state index in [1.165, 1.54) is 12.1 Å². The molecule has 0 aromatic heterocycles. The largest absolute Gasteiger partial charge is 0.493 e. The number of nitrogens with one attached hydrogen (secondary N) is 1. The summed E-state index contributed by atoms with van der Waals surface area (Å²) in [7, 11) is 0. The predicted octanol–water partition coefficient (Wildman–Crippen LogP) is 3.33. The minimum absolute atomic E-state index is 0.00748. The molecule has 2 aliphatic rings. The molecular weight excluding hydrogens is 309 g/mol. The first kappa shape index (κ1) is 6.23. The molecule has 0 aliphatic carbocycles. The molecule has 2 aromatic rings. The first-order valence-electron chi connectivity index (χ1n) is 13.8. The van der Waals surface area contributed by atoms with Crippen molar-refractivity contribution in [2.24, 2.45) is 5.89 Å². The average molecular weight is 343 g/mol. The van der Waals surface area contributed by atoms with Crippen molar-refractivity contribution in [2.75, 3.05) is 26.3 Å². The quantitative estimate of drug-likeness (QED) is 0.924. The minimum Gasteiger partial charge on any atom is -0.493 e. The van der Waals surface area contributed by atoms with E-state index in [-0.39, 0.29) is 17.2 Å². The fourth-order valence-electron chi connectivity index (χ4n) is 2.09. The molecule has 24 heavy (non-hydrogen) atoms. The number of rotatable bonds is 4. The van der Waals surface area contributed by atoms with Gasteiger partial charge in [-0.3, -0.25) is 0 Å². The number of hydrogen-bond donors (Lipinski definition) is 1. The molecule has 1 unspecified atom stereocenters. The lowest BCUT2D eigenvalue weighted by atomic mass is 9.81. The van der Waals surface area contributed by atoms with Crippen LogP contribution in [0.1, 0.15) is 37.0 Å². The first-order valence-corrected chi connectivity index (χ1v) is 6.84. The van der Waals surface area contributed by atoms with E-state index in [2.05, 4.69) is 0 Å². The Kier molecular flexibility index (Phi) is 1.74. The molecule has 2 atom stereocenters. The summed E-state index contributed by atoms with van der Waals surface area (Å²) in [6.45, 7) is -10.4. The zero-order valence-corrected chi connectivity index (χ0v) is 12.0. The van der Waals surface area contributed by atoms with Crippen molar-refractivity contribution in [1.82, 2.24) is 5.32 Å². The van der Waals surface area contributed by atoms with Gasteiger partial charge in [-0.15, -0.1) is 0 Å². The zero-order valence-electron chi connectivity index (χ0n) is 26.0. The van der Waals surface area contributed by atoms with Crippen molar-refractivity contribution < 1.29 is 37.8 Å². The molecule has 126 valence electrons. The van der Waals surface area contributed by atoms with Crippen molar-refractivity contribution in [1.29, 1.82) is 0 Å². The van der Waals surface area contributed by atoms with E-state index in [1.807, 2.05) is 0 Å². The van der Waals surface area contributed by atoms with Crippen LogP contribution < -0.4 is 19.5 Å². The summed E-state index contributed by atoms with van der Waals surface area (Å²) < 4.78 is 145. The SMILES string of the molecule is [2H]c1c([2H])c(C2([2H])C([2H])([2H])C([2H])([2H])NC([2H])([2H])[C@]2([2H])COc2ccc3c(c2)OC([2H])([2H])O3)c([2H])c([2H])c1F. The van der Waals surface area contributed by atoms with Crippen LogP contribution in [0.3, 0.4) is 0 Å². The lowest BCUT2D eigenvalue weighted by Crippen LogP contribution is -2.38. The molecular formula is C19H20FNO3. The van der Waals surface area contributed by atoms with E-state index in [9.17, 15) is 4.39 Å². The predicted molar refractivity (Wildman–Crippen MR) is 88.2 cm³/mol. The summed E-state index contributed by atoms with van der Waals surface area (Å²) in [5.41, 5.74) is -1.23. The second-order valence-corrected chi connectivity index (χ2v) is 4.73. The van der Waals surface area contributed by atoms with Crippen LogP contribution in [0.4, 0.5) is 4.39 Å². The maximum absolute atomic E-state index is 14.3. The van der Waals surface area contributed by atoms with Gasteiger partial charge in [0.2, 0.25) is 6.75 Å². The van der Waals surface area contributed by atoms with E-state index >= 15 is 0 Å². The highest BCUT2D eigenvalue weighted by Gasteiger charge is 2.27. The molecule has 0 bridgehead atoms. The van der Waals surface area contributed by atoms with Gasteiger partial charge in [0, 0.05) is 29.4 Å². The van der Waals surface area contributed by atoms with E-state index in [0.717, 1.165) is 6.07 Å². The highest BCUT2D eigenvalue weighted by atomic mass is 19.1. The Balaban J connectivity index is 1.91. The van der Waals surface area contributed by atoms with Crippen LogP contribution in [0.2, 0.25) is 0 Å². The lowest BCUT2D eigenvalue weighted by molar-refractivity contribution is 0.173. The van der Waals surface area contributed by atoms with E-state index in [4.69, 9.17) is 33.4 Å². The van der Waals surface area contributed by atoms with Gasteiger partial charge in [0.05, 0.1) is 12.1 Å². The van der Waals surface area contributed by atoms with Crippen molar-refractivity contribution >= 4 is 0 Å². The molecule has 1 N–H and O–H groups in total. The molecule has 1 saturated heterocycles. The van der Waals surface area contributed by atoms with Crippen molar-refractivity contribution in [3.8, 4) is 17.2 Å². The zero-order chi connectivity index (χ0) is 28.9. The van der Waals surface area contributed by atoms with Gasteiger partial charge in [-0.1, -0.05) is 12.1 Å². The number of piperidine rings is 1. The smallest absolute Gasteiger partial charge is 0.231 e. The topological polar surface area (TPSA) is 39.7 Å². The molecule has 0 saturated carbocycles. The molecule has 4 nitrogen and oxygen atoms in total. The van der Waals surface area contributed by atoms with Crippen molar-refractivity contribution in [3.05, 3.63) is 53.7 Å². The molecule has 2 aromatic carbocycles. The summed E-state index contributed by atoms with van der Waals surface area (Å²) in [6, 6.07) is -1.62. The molecule has 0 spiro atoms. The van der Waals surface area contributed by atoms with Crippen molar-refractivity contribution in [3.63, 3.8) is 0 Å². The Morgan fingerprint density at radius 2 is 2.12 bits per heavy atom. The fourth-order valence-corrected chi connectivity index (χ4v) is 2.09. The summed E-state index contributed by atoms with van der Waals surface area (Å²) in [5, 5.41) is 1.73. The summed E-state index contributed by atoms with van der Waals surface area (Å²) >= 11 is 0. The molecule has 2 aliphatic heterocycles. The minimum atomic E-state index is -3.62. The van der Waals surface area contributed by atoms with Crippen molar-refractivity contribution in [2.45, 2.75) is 12.3 Å². The van der Waals surface area contributed by atoms with Gasteiger partial charge in [0.1, 0.15) is 14.3 Å². The third-order valence-electron chi connectivity index (χ3n) is 3.21. The Bertz CT molecular complexity index is 1300. The standard InChI is InChI=1S/C19H20FNO3/c20-15-3-1-13(2-4-15)17-7-8-21-10-14(17)11-22-16-5-6-18-19(9-16)24-12-23-18/h1-6,9,14,17,21H,7-8,10-12H2/t14-,17?/m1/s1/i1D,2D,3D,4D,7D2,8D2,10D2,12D2,14D,17D. The van der Waals surface area contributed by atoms with Gasteiger partial charge in [0.25, 0.3) is 0 Å². The maximum atomic E-state index is 14.3. The average Bonchev–Trinajstić information content (AvgIpc) is 3.11. The molecule has 4 rings (SSSR count). The normalized spacial score (nSPS) is 45.4. The van der Waals surface area contributed by atoms with Crippen LogP contribution in [-0.2, 0) is 0 Å². The van der Waals surface area contributed by atoms with Gasteiger partial charge in [-0.25, -0.2) is 4.39 Å². The van der Waals surface area contributed by atoms with E-state index in [1.54, 1.807) is 5.32 Å². The van der Waals surface area contributed by atoms with Gasteiger partial charge < -0.3 is 19.5 Å². The Morgan fingerprint density at radius 3 is 3.00 bits per heavy atom. The Morgan fingerprint density at radius 1 is 1.29 bits per heavy atom. The van der Waals surface area contributed by atoms with E-state index < -0.39 is 80.1 Å². The number of fused-ring (bicyclic) bond motifs is 1. The van der Waals surface area contributed by atoms with Gasteiger partial charge in [-0.2, -0.15) is 0 Å². The molecule has 2 heterocycles. The third kappa shape index (κ3) is 3.17. The lowest BCUT2D eigenvalue weighted by Gasteiger charge is -2.32. The Labute approximate surface area is 160 Å². The van der Waals surface area contributed by atoms with Gasteiger partial charge in [-0.05, 0) is 48.5 Å². The van der Waals surface area contributed by atoms with Crippen LogP contribution in [0.15, 0.2) is 42.4 Å². The fraction of sp³-hybridized carbons (Fsp3) is 0.368. The van der Waals surface area contributed by atoms with E-state index in [0.29, 0.717) is 0 Å². The highest BCUT2D eigenvalue weighted by Crippen LogP contribution is 2.36. The number of ether oxygens (including phenoxy) is 3. The first-order chi connectivity index (χ1) is 17.1. The number of hydrogen-bond acceptors (Lipinski definition) is 4. The monoisotopic (exact) mass is 343 g/mol. The summed E-state index contributed by atoms with van der Waals surface area (Å²) in [6.07, 6.45) is -3.62. The van der Waals surface area contributed by atoms with Gasteiger partial charge in [0.15, 0.2) is 11.5 Å². The summed E-state index contributed by atoms with van der Waals surface area (Å²) in [5.74, 6) is -8.75. The third-order valence-corrected chi connectivity index (χ3v) is 3.21. The van der Waals surface area contributed by atoms with Crippen LogP contribution in [0, 0.1) is 11.7 Å². The van der Waals surface area contributed by atoms with Crippen LogP contribution in [-0.4, -0.2) is 26.3 Å². The van der Waals surface area contributed by atoms with Crippen LogP contribution >= 0.6 is 0 Å². The second kappa shape index (κ2) is 6.69. The Hall–Kier alpha value is -2.27. The van der Waals surface area contributed by atoms with Gasteiger partial charge >= 0.3 is 0 Å². The molecule has 0 radical (unpaired) electrons. The number of benzene rings is 2. The van der Waals surface area contributed by atoms with Crippen LogP contribution in [0.25, 0.3) is 0 Å². The second-order valence-electron chi connectivity index (χ2n) is 4.73. The number of halogens is 1. The summed E-state index contributed by atoms with van der Waals surface area (Å²) in [4.78, 5) is 0. The maximum Gasteiger partial charge on any atom is 0.231 e. The van der Waals surface area contributed by atoms with Crippen LogP contribution in [0.5, 0.6) is 17.2 Å². The molecule has 0 amide bonds. The highest BCUT2D eigenvalue weighted by molar-refractivity contribution is 5.46.